The number of aromatic nitrogens is 1. The van der Waals surface area contributed by atoms with Crippen LogP contribution in [0.15, 0.2) is 35.1 Å². The fraction of sp³-hybridized carbons (Fsp3) is 0.412. The topological polar surface area (TPSA) is 55.6 Å². The van der Waals surface area contributed by atoms with Crippen molar-refractivity contribution in [3.8, 4) is 0 Å². The van der Waals surface area contributed by atoms with E-state index in [0.29, 0.717) is 36.2 Å². The number of halogens is 1. The summed E-state index contributed by atoms with van der Waals surface area (Å²) in [6.07, 6.45) is 3.43. The molecule has 0 spiro atoms. The van der Waals surface area contributed by atoms with Gasteiger partial charge in [-0.3, -0.25) is 4.79 Å². The molecule has 6 heteroatoms. The summed E-state index contributed by atoms with van der Waals surface area (Å²) >= 11 is 6.25. The Bertz CT molecular complexity index is 726. The average Bonchev–Trinajstić information content (AvgIpc) is 3.31. The molecule has 1 saturated heterocycles. The standard InChI is InChI=1S/C17H17ClN2O3/c18-14-4-2-1-3-12(14)15-9-20(7-8-22-15)17(21)13-10-23-19-16(13)11-5-6-11/h1-4,10-11,15H,5-9H2/t15-/m0/s1. The number of carbonyl (C=O) groups is 1. The number of rotatable bonds is 3. The van der Waals surface area contributed by atoms with E-state index in [9.17, 15) is 4.79 Å². The number of hydrogen-bond acceptors (Lipinski definition) is 4. The Hall–Kier alpha value is -1.85. The molecule has 0 unspecified atom stereocenters. The predicted molar refractivity (Wildman–Crippen MR) is 84.5 cm³/mol. The Balaban J connectivity index is 1.54. The molecule has 5 nitrogen and oxygen atoms in total. The minimum absolute atomic E-state index is 0.0338. The quantitative estimate of drug-likeness (QED) is 0.864. The number of amides is 1. The summed E-state index contributed by atoms with van der Waals surface area (Å²) in [5, 5.41) is 4.67. The molecule has 1 atom stereocenters. The Morgan fingerprint density at radius 2 is 2.13 bits per heavy atom. The van der Waals surface area contributed by atoms with Crippen LogP contribution in [0.25, 0.3) is 0 Å². The second-order valence-corrected chi connectivity index (χ2v) is 6.43. The van der Waals surface area contributed by atoms with E-state index in [0.717, 1.165) is 24.1 Å². The van der Waals surface area contributed by atoms with Crippen LogP contribution < -0.4 is 0 Å². The van der Waals surface area contributed by atoms with Gasteiger partial charge in [0.15, 0.2) is 0 Å². The second kappa shape index (κ2) is 5.98. The van der Waals surface area contributed by atoms with Gasteiger partial charge in [-0.15, -0.1) is 0 Å². The first-order chi connectivity index (χ1) is 11.2. The van der Waals surface area contributed by atoms with E-state index in [4.69, 9.17) is 20.9 Å². The van der Waals surface area contributed by atoms with Gasteiger partial charge in [0.25, 0.3) is 5.91 Å². The summed E-state index contributed by atoms with van der Waals surface area (Å²) in [5.74, 6) is 0.349. The molecule has 1 aliphatic heterocycles. The van der Waals surface area contributed by atoms with Crippen LogP contribution in [0.4, 0.5) is 0 Å². The van der Waals surface area contributed by atoms with Gasteiger partial charge in [-0.25, -0.2) is 0 Å². The van der Waals surface area contributed by atoms with Gasteiger partial charge >= 0.3 is 0 Å². The minimum Gasteiger partial charge on any atom is -0.370 e. The largest absolute Gasteiger partial charge is 0.370 e. The van der Waals surface area contributed by atoms with Crippen molar-refractivity contribution in [2.75, 3.05) is 19.7 Å². The van der Waals surface area contributed by atoms with Gasteiger partial charge in [-0.1, -0.05) is 35.0 Å². The number of ether oxygens (including phenoxy) is 1. The molecule has 2 aromatic rings. The fourth-order valence-corrected chi connectivity index (χ4v) is 3.24. The normalized spacial score (nSPS) is 21.4. The maximum atomic E-state index is 12.8. The minimum atomic E-state index is -0.203. The van der Waals surface area contributed by atoms with E-state index in [2.05, 4.69) is 5.16 Å². The zero-order chi connectivity index (χ0) is 15.8. The molecule has 0 bridgehead atoms. The van der Waals surface area contributed by atoms with Crippen LogP contribution in [0.2, 0.25) is 5.02 Å². The molecule has 1 amide bonds. The molecule has 4 rings (SSSR count). The SMILES string of the molecule is O=C(c1conc1C1CC1)N1CCO[C@H](c2ccccc2Cl)C1. The Labute approximate surface area is 139 Å². The molecule has 120 valence electrons. The predicted octanol–water partition coefficient (Wildman–Crippen LogP) is 3.42. The Morgan fingerprint density at radius 3 is 2.91 bits per heavy atom. The molecule has 0 radical (unpaired) electrons. The van der Waals surface area contributed by atoms with Crippen molar-refractivity contribution in [2.24, 2.45) is 0 Å². The van der Waals surface area contributed by atoms with Crippen molar-refractivity contribution in [3.05, 3.63) is 52.4 Å². The lowest BCUT2D eigenvalue weighted by Gasteiger charge is -2.33. The summed E-state index contributed by atoms with van der Waals surface area (Å²) in [6, 6.07) is 7.59. The lowest BCUT2D eigenvalue weighted by molar-refractivity contribution is -0.0228. The molecule has 1 aromatic carbocycles. The first kappa shape index (κ1) is 14.7. The maximum absolute atomic E-state index is 12.8. The number of morpholine rings is 1. The summed E-state index contributed by atoms with van der Waals surface area (Å²) in [6.45, 7) is 1.54. The highest BCUT2D eigenvalue weighted by molar-refractivity contribution is 6.31. The van der Waals surface area contributed by atoms with Crippen LogP contribution in [0.1, 0.15) is 46.5 Å². The summed E-state index contributed by atoms with van der Waals surface area (Å²) in [5.41, 5.74) is 2.31. The molecule has 1 aromatic heterocycles. The fourth-order valence-electron chi connectivity index (χ4n) is 2.99. The average molecular weight is 333 g/mol. The van der Waals surface area contributed by atoms with E-state index < -0.39 is 0 Å². The first-order valence-electron chi connectivity index (χ1n) is 7.83. The molecule has 1 saturated carbocycles. The molecule has 2 aliphatic rings. The Morgan fingerprint density at radius 1 is 1.30 bits per heavy atom. The van der Waals surface area contributed by atoms with Crippen LogP contribution in [-0.4, -0.2) is 35.7 Å². The zero-order valence-electron chi connectivity index (χ0n) is 12.6. The van der Waals surface area contributed by atoms with Gasteiger partial charge < -0.3 is 14.2 Å². The molecule has 0 N–H and O–H groups in total. The third kappa shape index (κ3) is 2.86. The molecular formula is C17H17ClN2O3. The third-order valence-electron chi connectivity index (χ3n) is 4.40. The molecular weight excluding hydrogens is 316 g/mol. The smallest absolute Gasteiger partial charge is 0.259 e. The molecule has 1 aliphatic carbocycles. The van der Waals surface area contributed by atoms with Crippen LogP contribution in [-0.2, 0) is 4.74 Å². The van der Waals surface area contributed by atoms with Crippen LogP contribution in [0.5, 0.6) is 0 Å². The van der Waals surface area contributed by atoms with Crippen LogP contribution >= 0.6 is 11.6 Å². The van der Waals surface area contributed by atoms with Gasteiger partial charge in [-0.05, 0) is 18.9 Å². The van der Waals surface area contributed by atoms with E-state index in [-0.39, 0.29) is 12.0 Å². The highest BCUT2D eigenvalue weighted by Gasteiger charge is 2.35. The number of nitrogens with zero attached hydrogens (tertiary/aromatic N) is 2. The van der Waals surface area contributed by atoms with Crippen molar-refractivity contribution in [1.29, 1.82) is 0 Å². The lowest BCUT2D eigenvalue weighted by Crippen LogP contribution is -2.42. The summed E-state index contributed by atoms with van der Waals surface area (Å²) in [4.78, 5) is 14.6. The first-order valence-corrected chi connectivity index (χ1v) is 8.21. The van der Waals surface area contributed by atoms with Crippen molar-refractivity contribution < 1.29 is 14.1 Å². The Kier molecular flexibility index (Phi) is 3.83. The van der Waals surface area contributed by atoms with E-state index in [1.165, 1.54) is 6.26 Å². The zero-order valence-corrected chi connectivity index (χ0v) is 13.3. The van der Waals surface area contributed by atoms with Gasteiger partial charge in [0.05, 0.1) is 18.8 Å². The maximum Gasteiger partial charge on any atom is 0.259 e. The number of carbonyl (C=O) groups excluding carboxylic acids is 1. The molecule has 23 heavy (non-hydrogen) atoms. The summed E-state index contributed by atoms with van der Waals surface area (Å²) in [7, 11) is 0. The van der Waals surface area contributed by atoms with Crippen molar-refractivity contribution in [1.82, 2.24) is 10.1 Å². The van der Waals surface area contributed by atoms with Gasteiger partial charge in [-0.2, -0.15) is 0 Å². The van der Waals surface area contributed by atoms with E-state index >= 15 is 0 Å². The van der Waals surface area contributed by atoms with E-state index in [1.54, 1.807) is 4.90 Å². The van der Waals surface area contributed by atoms with Crippen molar-refractivity contribution >= 4 is 17.5 Å². The van der Waals surface area contributed by atoms with Crippen LogP contribution in [0.3, 0.4) is 0 Å². The van der Waals surface area contributed by atoms with Gasteiger partial charge in [0.1, 0.15) is 17.9 Å². The monoisotopic (exact) mass is 332 g/mol. The highest BCUT2D eigenvalue weighted by Crippen LogP contribution is 2.41. The van der Waals surface area contributed by atoms with Crippen molar-refractivity contribution in [3.63, 3.8) is 0 Å². The van der Waals surface area contributed by atoms with Crippen molar-refractivity contribution in [2.45, 2.75) is 24.9 Å². The van der Waals surface area contributed by atoms with Gasteiger partial charge in [0.2, 0.25) is 0 Å². The molecule has 2 heterocycles. The third-order valence-corrected chi connectivity index (χ3v) is 4.74. The number of hydrogen-bond donors (Lipinski definition) is 0. The molecule has 2 fully saturated rings. The highest BCUT2D eigenvalue weighted by atomic mass is 35.5. The number of benzene rings is 1. The summed E-state index contributed by atoms with van der Waals surface area (Å²) < 4.78 is 10.9. The lowest BCUT2D eigenvalue weighted by atomic mass is 10.1. The van der Waals surface area contributed by atoms with E-state index in [1.807, 2.05) is 24.3 Å². The van der Waals surface area contributed by atoms with Crippen LogP contribution in [0, 0.1) is 0 Å². The second-order valence-electron chi connectivity index (χ2n) is 6.02. The van der Waals surface area contributed by atoms with Gasteiger partial charge in [0, 0.05) is 23.0 Å².